The highest BCUT2D eigenvalue weighted by atomic mass is 16.3. The normalized spacial score (nSPS) is 12.5. The first-order valence-electron chi connectivity index (χ1n) is 6.63. The molecule has 4 heteroatoms. The Morgan fingerprint density at radius 3 is 2.63 bits per heavy atom. The van der Waals surface area contributed by atoms with Gasteiger partial charge in [-0.25, -0.2) is 4.98 Å². The van der Waals surface area contributed by atoms with E-state index in [9.17, 15) is 0 Å². The number of rotatable bonds is 7. The van der Waals surface area contributed by atoms with E-state index in [1.54, 1.807) is 0 Å². The van der Waals surface area contributed by atoms with Crippen LogP contribution in [0.3, 0.4) is 0 Å². The minimum atomic E-state index is 0.107. The monoisotopic (exact) mass is 259 g/mol. The average Bonchev–Trinajstić information content (AvgIpc) is 2.92. The summed E-state index contributed by atoms with van der Waals surface area (Å²) in [5.41, 5.74) is 2.20. The molecule has 2 N–H and O–H groups in total. The van der Waals surface area contributed by atoms with Crippen LogP contribution in [0, 0.1) is 5.92 Å². The Morgan fingerprint density at radius 1 is 1.26 bits per heavy atom. The van der Waals surface area contributed by atoms with Gasteiger partial charge in [0.1, 0.15) is 0 Å². The van der Waals surface area contributed by atoms with Gasteiger partial charge in [-0.15, -0.1) is 0 Å². The number of aromatic nitrogens is 2. The lowest BCUT2D eigenvalue weighted by atomic mass is 10.1. The summed E-state index contributed by atoms with van der Waals surface area (Å²) < 4.78 is 2.10. The fourth-order valence-corrected chi connectivity index (χ4v) is 2.04. The van der Waals surface area contributed by atoms with E-state index < -0.39 is 0 Å². The molecule has 2 aromatic rings. The van der Waals surface area contributed by atoms with E-state index in [1.165, 1.54) is 5.56 Å². The largest absolute Gasteiger partial charge is 0.392 e. The van der Waals surface area contributed by atoms with Crippen LogP contribution in [-0.4, -0.2) is 21.2 Å². The van der Waals surface area contributed by atoms with Crippen LogP contribution in [-0.2, 0) is 19.7 Å². The molecule has 0 spiro atoms. The van der Waals surface area contributed by atoms with Gasteiger partial charge in [0.25, 0.3) is 0 Å². The summed E-state index contributed by atoms with van der Waals surface area (Å²) in [7, 11) is 0. The van der Waals surface area contributed by atoms with Crippen molar-refractivity contribution in [2.45, 2.75) is 26.6 Å². The maximum absolute atomic E-state index is 8.98. The first kappa shape index (κ1) is 13.8. The Labute approximate surface area is 114 Å². The van der Waals surface area contributed by atoms with Gasteiger partial charge in [-0.05, 0) is 23.6 Å². The van der Waals surface area contributed by atoms with Crippen LogP contribution in [0.2, 0.25) is 0 Å². The molecule has 1 aromatic heterocycles. The van der Waals surface area contributed by atoms with Gasteiger partial charge in [-0.2, -0.15) is 0 Å². The van der Waals surface area contributed by atoms with Crippen molar-refractivity contribution in [3.05, 3.63) is 54.1 Å². The summed E-state index contributed by atoms with van der Waals surface area (Å²) in [6.45, 7) is 5.15. The van der Waals surface area contributed by atoms with Crippen molar-refractivity contribution in [3.63, 3.8) is 0 Å². The molecule has 0 saturated carbocycles. The van der Waals surface area contributed by atoms with Crippen molar-refractivity contribution < 1.29 is 5.11 Å². The number of aliphatic hydroxyl groups excluding tert-OH is 1. The highest BCUT2D eigenvalue weighted by Gasteiger charge is 2.02. The predicted molar refractivity (Wildman–Crippen MR) is 75.5 cm³/mol. The summed E-state index contributed by atoms with van der Waals surface area (Å²) in [6.07, 6.45) is 5.65. The molecule has 0 aliphatic heterocycles. The maximum atomic E-state index is 8.98. The molecule has 1 unspecified atom stereocenters. The second-order valence-electron chi connectivity index (χ2n) is 4.97. The average molecular weight is 259 g/mol. The van der Waals surface area contributed by atoms with Gasteiger partial charge in [0.15, 0.2) is 0 Å². The zero-order valence-electron chi connectivity index (χ0n) is 11.3. The number of benzene rings is 1. The van der Waals surface area contributed by atoms with Gasteiger partial charge in [0.05, 0.1) is 12.9 Å². The van der Waals surface area contributed by atoms with E-state index in [0.29, 0.717) is 5.92 Å². The third kappa shape index (κ3) is 4.50. The van der Waals surface area contributed by atoms with Crippen molar-refractivity contribution in [2.75, 3.05) is 6.54 Å². The number of nitrogens with one attached hydrogen (secondary N) is 1. The first-order valence-corrected chi connectivity index (χ1v) is 6.63. The molecule has 2 rings (SSSR count). The van der Waals surface area contributed by atoms with E-state index in [0.717, 1.165) is 25.2 Å². The van der Waals surface area contributed by atoms with Crippen LogP contribution >= 0.6 is 0 Å². The fraction of sp³-hybridized carbons (Fsp3) is 0.400. The Balaban J connectivity index is 1.70. The van der Waals surface area contributed by atoms with Gasteiger partial charge < -0.3 is 15.0 Å². The molecule has 0 amide bonds. The Morgan fingerprint density at radius 2 is 2.00 bits per heavy atom. The lowest BCUT2D eigenvalue weighted by Crippen LogP contribution is -2.23. The standard InChI is InChI=1S/C15H21N3O/c1-13(10-18-7-6-16-12-18)8-17-9-14-2-4-15(11-19)5-3-14/h2-7,12-13,17,19H,8-11H2,1H3. The summed E-state index contributed by atoms with van der Waals surface area (Å²) in [6, 6.07) is 8.04. The van der Waals surface area contributed by atoms with Crippen molar-refractivity contribution in [3.8, 4) is 0 Å². The van der Waals surface area contributed by atoms with Gasteiger partial charge in [0, 0.05) is 25.5 Å². The van der Waals surface area contributed by atoms with E-state index in [4.69, 9.17) is 5.11 Å². The van der Waals surface area contributed by atoms with Crippen LogP contribution in [0.4, 0.5) is 0 Å². The predicted octanol–water partition coefficient (Wildman–Crippen LogP) is 1.80. The van der Waals surface area contributed by atoms with Gasteiger partial charge in [-0.3, -0.25) is 0 Å². The number of hydrogen-bond donors (Lipinski definition) is 2. The molecular formula is C15H21N3O. The highest BCUT2D eigenvalue weighted by molar-refractivity contribution is 5.21. The molecule has 1 atom stereocenters. The zero-order valence-corrected chi connectivity index (χ0v) is 11.3. The molecule has 0 saturated heterocycles. The molecule has 0 fully saturated rings. The minimum absolute atomic E-state index is 0.107. The Kier molecular flexibility index (Phi) is 5.12. The van der Waals surface area contributed by atoms with Crippen molar-refractivity contribution in [1.82, 2.24) is 14.9 Å². The molecule has 0 aliphatic rings. The third-order valence-electron chi connectivity index (χ3n) is 3.11. The van der Waals surface area contributed by atoms with Crippen molar-refractivity contribution in [2.24, 2.45) is 5.92 Å². The molecule has 102 valence electrons. The topological polar surface area (TPSA) is 50.1 Å². The molecular weight excluding hydrogens is 238 g/mol. The van der Waals surface area contributed by atoms with Crippen LogP contribution in [0.5, 0.6) is 0 Å². The van der Waals surface area contributed by atoms with Crippen molar-refractivity contribution in [1.29, 1.82) is 0 Å². The minimum Gasteiger partial charge on any atom is -0.392 e. The van der Waals surface area contributed by atoms with Crippen LogP contribution < -0.4 is 5.32 Å². The molecule has 0 radical (unpaired) electrons. The summed E-state index contributed by atoms with van der Waals surface area (Å²) >= 11 is 0. The van der Waals surface area contributed by atoms with Crippen LogP contribution in [0.15, 0.2) is 43.0 Å². The van der Waals surface area contributed by atoms with Crippen LogP contribution in [0.25, 0.3) is 0 Å². The lowest BCUT2D eigenvalue weighted by Gasteiger charge is -2.13. The van der Waals surface area contributed by atoms with Gasteiger partial charge in [0.2, 0.25) is 0 Å². The second-order valence-corrected chi connectivity index (χ2v) is 4.97. The van der Waals surface area contributed by atoms with Gasteiger partial charge >= 0.3 is 0 Å². The SMILES string of the molecule is CC(CNCc1ccc(CO)cc1)Cn1ccnc1. The summed E-state index contributed by atoms with van der Waals surface area (Å²) in [5, 5.41) is 12.4. The molecule has 19 heavy (non-hydrogen) atoms. The third-order valence-corrected chi connectivity index (χ3v) is 3.11. The smallest absolute Gasteiger partial charge is 0.0946 e. The maximum Gasteiger partial charge on any atom is 0.0946 e. The zero-order chi connectivity index (χ0) is 13.5. The number of imidazole rings is 1. The number of aliphatic hydroxyl groups is 1. The van der Waals surface area contributed by atoms with Gasteiger partial charge in [-0.1, -0.05) is 31.2 Å². The van der Waals surface area contributed by atoms with E-state index in [-0.39, 0.29) is 6.61 Å². The molecule has 1 aromatic carbocycles. The van der Waals surface area contributed by atoms with E-state index in [2.05, 4.69) is 33.9 Å². The molecule has 0 aliphatic carbocycles. The Hall–Kier alpha value is -1.65. The molecule has 1 heterocycles. The summed E-state index contributed by atoms with van der Waals surface area (Å²) in [4.78, 5) is 4.04. The summed E-state index contributed by atoms with van der Waals surface area (Å²) in [5.74, 6) is 0.561. The molecule has 4 nitrogen and oxygen atoms in total. The van der Waals surface area contributed by atoms with E-state index >= 15 is 0 Å². The Bertz CT molecular complexity index is 465. The highest BCUT2D eigenvalue weighted by Crippen LogP contribution is 2.05. The van der Waals surface area contributed by atoms with E-state index in [1.807, 2.05) is 30.9 Å². The lowest BCUT2D eigenvalue weighted by molar-refractivity contribution is 0.282. The number of nitrogens with zero attached hydrogens (tertiary/aromatic N) is 2. The quantitative estimate of drug-likeness (QED) is 0.797. The molecule has 0 bridgehead atoms. The number of hydrogen-bond acceptors (Lipinski definition) is 3. The van der Waals surface area contributed by atoms with Crippen molar-refractivity contribution >= 4 is 0 Å². The second kappa shape index (κ2) is 7.07. The first-order chi connectivity index (χ1) is 9.28. The van der Waals surface area contributed by atoms with Crippen LogP contribution in [0.1, 0.15) is 18.1 Å². The fourth-order valence-electron chi connectivity index (χ4n) is 2.04.